The van der Waals surface area contributed by atoms with E-state index >= 15 is 0 Å². The Morgan fingerprint density at radius 2 is 2.17 bits per heavy atom. The van der Waals surface area contributed by atoms with Gasteiger partial charge < -0.3 is 0 Å². The van der Waals surface area contributed by atoms with Gasteiger partial charge in [0.25, 0.3) is 0 Å². The molecule has 2 rings (SSSR count). The SMILES string of the molecule is O=S(=O)(c1ccc(Cl)c(Br)c1)N1CCCC1CBr. The number of hydrogen-bond acceptors (Lipinski definition) is 2. The van der Waals surface area contributed by atoms with Crippen molar-refractivity contribution in [2.75, 3.05) is 11.9 Å². The molecule has 0 saturated carbocycles. The lowest BCUT2D eigenvalue weighted by atomic mass is 10.3. The molecular weight excluding hydrogens is 405 g/mol. The lowest BCUT2D eigenvalue weighted by molar-refractivity contribution is 0.413. The summed E-state index contributed by atoms with van der Waals surface area (Å²) in [7, 11) is -3.42. The third-order valence-corrected chi connectivity index (χ3v) is 6.91. The highest BCUT2D eigenvalue weighted by molar-refractivity contribution is 9.10. The average Bonchev–Trinajstić information content (AvgIpc) is 2.81. The fraction of sp³-hybridized carbons (Fsp3) is 0.455. The van der Waals surface area contributed by atoms with Gasteiger partial charge in [-0.1, -0.05) is 27.5 Å². The van der Waals surface area contributed by atoms with Crippen LogP contribution in [0, 0.1) is 0 Å². The number of alkyl halides is 1. The monoisotopic (exact) mass is 415 g/mol. The Morgan fingerprint density at radius 3 is 2.78 bits per heavy atom. The summed E-state index contributed by atoms with van der Waals surface area (Å²) in [6.07, 6.45) is 1.81. The second-order valence-corrected chi connectivity index (χ2v) is 7.94. The maximum Gasteiger partial charge on any atom is 0.243 e. The van der Waals surface area contributed by atoms with E-state index in [-0.39, 0.29) is 10.9 Å². The quantitative estimate of drug-likeness (QED) is 0.704. The molecule has 0 aromatic heterocycles. The second kappa shape index (κ2) is 5.79. The van der Waals surface area contributed by atoms with E-state index in [0.717, 1.165) is 12.8 Å². The van der Waals surface area contributed by atoms with Gasteiger partial charge in [0, 0.05) is 22.4 Å². The Morgan fingerprint density at radius 1 is 1.44 bits per heavy atom. The van der Waals surface area contributed by atoms with Gasteiger partial charge in [0.05, 0.1) is 9.92 Å². The smallest absolute Gasteiger partial charge is 0.207 e. The first-order valence-electron chi connectivity index (χ1n) is 5.49. The van der Waals surface area contributed by atoms with Gasteiger partial charge in [-0.2, -0.15) is 4.31 Å². The lowest BCUT2D eigenvalue weighted by Crippen LogP contribution is -2.36. The molecule has 1 aliphatic rings. The Kier molecular flexibility index (Phi) is 4.75. The molecule has 0 amide bonds. The molecule has 1 fully saturated rings. The minimum atomic E-state index is -3.42. The molecule has 0 aliphatic carbocycles. The third kappa shape index (κ3) is 2.77. The zero-order chi connectivity index (χ0) is 13.3. The number of halogens is 3. The van der Waals surface area contributed by atoms with E-state index in [9.17, 15) is 8.42 Å². The minimum absolute atomic E-state index is 0.0458. The number of nitrogens with zero attached hydrogens (tertiary/aromatic N) is 1. The Hall–Kier alpha value is 0.380. The number of rotatable bonds is 3. The molecule has 1 aliphatic heterocycles. The van der Waals surface area contributed by atoms with Gasteiger partial charge in [-0.3, -0.25) is 0 Å². The summed E-state index contributed by atoms with van der Waals surface area (Å²) in [5, 5.41) is 1.17. The van der Waals surface area contributed by atoms with E-state index in [1.807, 2.05) is 0 Å². The fourth-order valence-electron chi connectivity index (χ4n) is 2.05. The number of benzene rings is 1. The zero-order valence-electron chi connectivity index (χ0n) is 9.44. The van der Waals surface area contributed by atoms with Gasteiger partial charge in [0.1, 0.15) is 0 Å². The zero-order valence-corrected chi connectivity index (χ0v) is 14.2. The highest BCUT2D eigenvalue weighted by Gasteiger charge is 2.34. The van der Waals surface area contributed by atoms with Gasteiger partial charge in [0.15, 0.2) is 0 Å². The first-order chi connectivity index (χ1) is 8.46. The molecule has 1 aromatic carbocycles. The van der Waals surface area contributed by atoms with E-state index in [0.29, 0.717) is 21.4 Å². The molecule has 1 saturated heterocycles. The van der Waals surface area contributed by atoms with Crippen LogP contribution < -0.4 is 0 Å². The molecule has 1 atom stereocenters. The summed E-state index contributed by atoms with van der Waals surface area (Å²) < 4.78 is 27.2. The first-order valence-corrected chi connectivity index (χ1v) is 9.23. The van der Waals surface area contributed by atoms with Crippen molar-refractivity contribution in [1.29, 1.82) is 0 Å². The van der Waals surface area contributed by atoms with Crippen LogP contribution in [0.5, 0.6) is 0 Å². The van der Waals surface area contributed by atoms with Gasteiger partial charge in [0.2, 0.25) is 10.0 Å². The van der Waals surface area contributed by atoms with Gasteiger partial charge in [-0.05, 0) is 47.0 Å². The van der Waals surface area contributed by atoms with Crippen LogP contribution in [0.25, 0.3) is 0 Å². The Balaban J connectivity index is 2.38. The van der Waals surface area contributed by atoms with Gasteiger partial charge in [-0.25, -0.2) is 8.42 Å². The van der Waals surface area contributed by atoms with Crippen LogP contribution in [0.15, 0.2) is 27.6 Å². The van der Waals surface area contributed by atoms with Crippen molar-refractivity contribution in [1.82, 2.24) is 4.31 Å². The van der Waals surface area contributed by atoms with Crippen LogP contribution in [-0.4, -0.2) is 30.6 Å². The summed E-state index contributed by atoms with van der Waals surface area (Å²) in [6.45, 7) is 0.582. The molecule has 1 unspecified atom stereocenters. The maximum absolute atomic E-state index is 12.5. The summed E-state index contributed by atoms with van der Waals surface area (Å²) >= 11 is 12.5. The Labute approximate surface area is 129 Å². The minimum Gasteiger partial charge on any atom is -0.207 e. The molecule has 0 bridgehead atoms. The predicted octanol–water partition coefficient (Wildman–Crippen LogP) is 3.65. The van der Waals surface area contributed by atoms with Crippen LogP contribution in [0.4, 0.5) is 0 Å². The molecule has 18 heavy (non-hydrogen) atoms. The lowest BCUT2D eigenvalue weighted by Gasteiger charge is -2.22. The standard InChI is InChI=1S/C11H12Br2ClNO2S/c12-7-8-2-1-5-15(8)18(16,17)9-3-4-11(14)10(13)6-9/h3-4,6,8H,1-2,5,7H2. The van der Waals surface area contributed by atoms with E-state index in [1.54, 1.807) is 22.5 Å². The molecule has 1 heterocycles. The number of hydrogen-bond donors (Lipinski definition) is 0. The largest absolute Gasteiger partial charge is 0.243 e. The van der Waals surface area contributed by atoms with Gasteiger partial charge in [-0.15, -0.1) is 0 Å². The van der Waals surface area contributed by atoms with Crippen LogP contribution >= 0.6 is 43.5 Å². The molecule has 1 aromatic rings. The molecule has 100 valence electrons. The number of sulfonamides is 1. The Bertz CT molecular complexity index is 550. The van der Waals surface area contributed by atoms with E-state index < -0.39 is 10.0 Å². The summed E-state index contributed by atoms with van der Waals surface area (Å²) in [5.74, 6) is 0. The van der Waals surface area contributed by atoms with Crippen molar-refractivity contribution in [3.8, 4) is 0 Å². The highest BCUT2D eigenvalue weighted by Crippen LogP contribution is 2.30. The van der Waals surface area contributed by atoms with Crippen molar-refractivity contribution < 1.29 is 8.42 Å². The summed E-state index contributed by atoms with van der Waals surface area (Å²) in [4.78, 5) is 0.284. The molecular formula is C11H12Br2ClNO2S. The predicted molar refractivity (Wildman–Crippen MR) is 79.9 cm³/mol. The highest BCUT2D eigenvalue weighted by atomic mass is 79.9. The van der Waals surface area contributed by atoms with Crippen LogP contribution in [0.2, 0.25) is 5.02 Å². The van der Waals surface area contributed by atoms with Gasteiger partial charge >= 0.3 is 0 Å². The van der Waals surface area contributed by atoms with Crippen LogP contribution in [0.1, 0.15) is 12.8 Å². The summed E-state index contributed by atoms with van der Waals surface area (Å²) in [6, 6.07) is 4.75. The molecule has 7 heteroatoms. The van der Waals surface area contributed by atoms with Crippen LogP contribution in [0.3, 0.4) is 0 Å². The van der Waals surface area contributed by atoms with Crippen LogP contribution in [-0.2, 0) is 10.0 Å². The van der Waals surface area contributed by atoms with E-state index in [4.69, 9.17) is 11.6 Å². The van der Waals surface area contributed by atoms with Crippen molar-refractivity contribution in [2.45, 2.75) is 23.8 Å². The third-order valence-electron chi connectivity index (χ3n) is 3.00. The average molecular weight is 418 g/mol. The first kappa shape index (κ1) is 14.8. The second-order valence-electron chi connectivity index (χ2n) is 4.14. The van der Waals surface area contributed by atoms with Crippen molar-refractivity contribution in [3.63, 3.8) is 0 Å². The molecule has 0 radical (unpaired) electrons. The van der Waals surface area contributed by atoms with Crippen molar-refractivity contribution in [2.24, 2.45) is 0 Å². The topological polar surface area (TPSA) is 37.4 Å². The van der Waals surface area contributed by atoms with Crippen molar-refractivity contribution >= 4 is 53.5 Å². The van der Waals surface area contributed by atoms with Crippen molar-refractivity contribution in [3.05, 3.63) is 27.7 Å². The van der Waals surface area contributed by atoms with E-state index in [1.165, 1.54) is 0 Å². The fourth-order valence-corrected chi connectivity index (χ4v) is 5.28. The maximum atomic E-state index is 12.5. The normalized spacial score (nSPS) is 21.4. The molecule has 0 spiro atoms. The summed E-state index contributed by atoms with van der Waals surface area (Å²) in [5.41, 5.74) is 0. The molecule has 3 nitrogen and oxygen atoms in total. The van der Waals surface area contributed by atoms with E-state index in [2.05, 4.69) is 31.9 Å². The molecule has 0 N–H and O–H groups in total.